The van der Waals surface area contributed by atoms with Crippen LogP contribution in [0.25, 0.3) is 0 Å². The number of amides is 1. The van der Waals surface area contributed by atoms with Gasteiger partial charge in [0.15, 0.2) is 5.82 Å². The summed E-state index contributed by atoms with van der Waals surface area (Å²) in [6, 6.07) is 6.06. The van der Waals surface area contributed by atoms with Gasteiger partial charge in [-0.3, -0.25) is 4.79 Å². The van der Waals surface area contributed by atoms with Crippen molar-refractivity contribution < 1.29 is 9.32 Å². The number of nitrogens with one attached hydrogen (secondary N) is 1. The molecule has 0 saturated heterocycles. The van der Waals surface area contributed by atoms with Gasteiger partial charge in [-0.05, 0) is 48.9 Å². The fraction of sp³-hybridized carbons (Fsp3) is 0.550. The second-order valence-corrected chi connectivity index (χ2v) is 8.09. The van der Waals surface area contributed by atoms with Crippen LogP contribution >= 0.6 is 0 Å². The summed E-state index contributed by atoms with van der Waals surface area (Å²) in [6.45, 7) is 6.14. The minimum Gasteiger partial charge on any atom is -0.399 e. The SMILES string of the molecule is CC(C)(C)c1noc(CCCC(=O)NC2CCCc3cc(N)ccc32)n1. The van der Waals surface area contributed by atoms with Crippen molar-refractivity contribution in [1.29, 1.82) is 0 Å². The van der Waals surface area contributed by atoms with Gasteiger partial charge < -0.3 is 15.6 Å². The van der Waals surface area contributed by atoms with Gasteiger partial charge in [-0.2, -0.15) is 4.98 Å². The maximum atomic E-state index is 12.3. The number of carbonyl (C=O) groups is 1. The van der Waals surface area contributed by atoms with Gasteiger partial charge in [-0.1, -0.05) is 32.0 Å². The smallest absolute Gasteiger partial charge is 0.226 e. The summed E-state index contributed by atoms with van der Waals surface area (Å²) in [7, 11) is 0. The molecule has 0 radical (unpaired) electrons. The van der Waals surface area contributed by atoms with E-state index in [0.717, 1.165) is 24.9 Å². The zero-order valence-electron chi connectivity index (χ0n) is 15.8. The number of aryl methyl sites for hydroxylation is 2. The minimum atomic E-state index is -0.128. The summed E-state index contributed by atoms with van der Waals surface area (Å²) in [5.74, 6) is 1.37. The van der Waals surface area contributed by atoms with Crippen LogP contribution < -0.4 is 11.1 Å². The van der Waals surface area contributed by atoms with Crippen LogP contribution in [0.15, 0.2) is 22.7 Å². The Morgan fingerprint density at radius 3 is 2.92 bits per heavy atom. The number of aromatic nitrogens is 2. The number of hydrogen-bond acceptors (Lipinski definition) is 5. The van der Waals surface area contributed by atoms with E-state index in [1.54, 1.807) is 0 Å². The highest BCUT2D eigenvalue weighted by Crippen LogP contribution is 2.31. The largest absolute Gasteiger partial charge is 0.399 e. The second kappa shape index (κ2) is 7.48. The summed E-state index contributed by atoms with van der Waals surface area (Å²) in [5, 5.41) is 7.18. The van der Waals surface area contributed by atoms with Gasteiger partial charge >= 0.3 is 0 Å². The molecule has 26 heavy (non-hydrogen) atoms. The first-order chi connectivity index (χ1) is 12.3. The average Bonchev–Trinajstić information content (AvgIpc) is 3.04. The first-order valence-electron chi connectivity index (χ1n) is 9.33. The van der Waals surface area contributed by atoms with Gasteiger partial charge in [0.1, 0.15) is 0 Å². The molecule has 0 bridgehead atoms. The monoisotopic (exact) mass is 356 g/mol. The summed E-state index contributed by atoms with van der Waals surface area (Å²) in [5.41, 5.74) is 8.98. The van der Waals surface area contributed by atoms with Crippen molar-refractivity contribution in [3.05, 3.63) is 41.0 Å². The molecule has 1 atom stereocenters. The summed E-state index contributed by atoms with van der Waals surface area (Å²) in [4.78, 5) is 16.8. The van der Waals surface area contributed by atoms with Crippen LogP contribution in [0.3, 0.4) is 0 Å². The number of nitrogen functional groups attached to an aromatic ring is 1. The van der Waals surface area contributed by atoms with Crippen LogP contribution in [0.2, 0.25) is 0 Å². The Kier molecular flexibility index (Phi) is 5.30. The Morgan fingerprint density at radius 2 is 2.19 bits per heavy atom. The zero-order chi connectivity index (χ0) is 18.7. The topological polar surface area (TPSA) is 94.0 Å². The molecule has 140 valence electrons. The van der Waals surface area contributed by atoms with Crippen LogP contribution in [0.1, 0.15) is 75.3 Å². The van der Waals surface area contributed by atoms with Crippen LogP contribution in [-0.4, -0.2) is 16.0 Å². The van der Waals surface area contributed by atoms with Crippen LogP contribution in [-0.2, 0) is 23.1 Å². The molecule has 6 nitrogen and oxygen atoms in total. The number of anilines is 1. The average molecular weight is 356 g/mol. The molecule has 1 heterocycles. The van der Waals surface area contributed by atoms with Gasteiger partial charge in [-0.15, -0.1) is 0 Å². The van der Waals surface area contributed by atoms with Gasteiger partial charge in [0.25, 0.3) is 0 Å². The van der Waals surface area contributed by atoms with E-state index in [-0.39, 0.29) is 17.4 Å². The Labute approximate surface area is 154 Å². The van der Waals surface area contributed by atoms with Crippen molar-refractivity contribution in [2.45, 2.75) is 70.8 Å². The Bertz CT molecular complexity index is 776. The third-order valence-corrected chi connectivity index (χ3v) is 4.75. The lowest BCUT2D eigenvalue weighted by molar-refractivity contribution is -0.122. The molecule has 1 aliphatic rings. The molecular weight excluding hydrogens is 328 g/mol. The summed E-state index contributed by atoms with van der Waals surface area (Å²) >= 11 is 0. The van der Waals surface area contributed by atoms with E-state index < -0.39 is 0 Å². The number of rotatable bonds is 5. The minimum absolute atomic E-state index is 0.0650. The molecule has 2 aromatic rings. The Hall–Kier alpha value is -2.37. The van der Waals surface area contributed by atoms with Crippen LogP contribution in [0.5, 0.6) is 0 Å². The molecule has 6 heteroatoms. The molecule has 3 rings (SSSR count). The van der Waals surface area contributed by atoms with Crippen molar-refractivity contribution in [3.8, 4) is 0 Å². The van der Waals surface area contributed by atoms with Crippen molar-refractivity contribution in [2.24, 2.45) is 0 Å². The third-order valence-electron chi connectivity index (χ3n) is 4.75. The Morgan fingerprint density at radius 1 is 1.38 bits per heavy atom. The lowest BCUT2D eigenvalue weighted by atomic mass is 9.87. The highest BCUT2D eigenvalue weighted by atomic mass is 16.5. The maximum absolute atomic E-state index is 12.3. The summed E-state index contributed by atoms with van der Waals surface area (Å²) in [6.07, 6.45) is 4.83. The number of nitrogens with two attached hydrogens (primary N) is 1. The van der Waals surface area contributed by atoms with Crippen LogP contribution in [0, 0.1) is 0 Å². The van der Waals surface area contributed by atoms with Gasteiger partial charge in [0, 0.05) is 23.9 Å². The number of carbonyl (C=O) groups excluding carboxylic acids is 1. The highest BCUT2D eigenvalue weighted by molar-refractivity contribution is 5.76. The van der Waals surface area contributed by atoms with E-state index in [1.165, 1.54) is 11.1 Å². The predicted octanol–water partition coefficient (Wildman–Crippen LogP) is 3.47. The standard InChI is InChI=1S/C20H28N4O2/c1-20(2,3)19-23-18(26-24-19)9-5-8-17(25)22-16-7-4-6-13-12-14(21)10-11-15(13)16/h10-12,16H,4-9,21H2,1-3H3,(H,22,25). The molecule has 1 unspecified atom stereocenters. The maximum Gasteiger partial charge on any atom is 0.226 e. The van der Waals surface area contributed by atoms with Gasteiger partial charge in [-0.25, -0.2) is 0 Å². The fourth-order valence-electron chi connectivity index (χ4n) is 3.31. The van der Waals surface area contributed by atoms with Gasteiger partial charge in [0.2, 0.25) is 11.8 Å². The quantitative estimate of drug-likeness (QED) is 0.800. The van der Waals surface area contributed by atoms with Crippen molar-refractivity contribution in [3.63, 3.8) is 0 Å². The molecule has 0 fully saturated rings. The fourth-order valence-corrected chi connectivity index (χ4v) is 3.31. The lowest BCUT2D eigenvalue weighted by Crippen LogP contribution is -2.30. The van der Waals surface area contributed by atoms with Crippen LogP contribution in [0.4, 0.5) is 5.69 Å². The molecule has 0 saturated carbocycles. The predicted molar refractivity (Wildman–Crippen MR) is 101 cm³/mol. The van der Waals surface area contributed by atoms with E-state index in [2.05, 4.69) is 15.5 Å². The number of fused-ring (bicyclic) bond motifs is 1. The van der Waals surface area contributed by atoms with Crippen molar-refractivity contribution >= 4 is 11.6 Å². The van der Waals surface area contributed by atoms with E-state index in [9.17, 15) is 4.79 Å². The second-order valence-electron chi connectivity index (χ2n) is 8.09. The number of benzene rings is 1. The third kappa shape index (κ3) is 4.42. The van der Waals surface area contributed by atoms with Crippen molar-refractivity contribution in [1.82, 2.24) is 15.5 Å². The van der Waals surface area contributed by atoms with E-state index in [1.807, 2.05) is 39.0 Å². The summed E-state index contributed by atoms with van der Waals surface area (Å²) < 4.78 is 5.28. The normalized spacial score (nSPS) is 17.0. The number of nitrogens with zero attached hydrogens (tertiary/aromatic N) is 2. The molecule has 1 amide bonds. The lowest BCUT2D eigenvalue weighted by Gasteiger charge is -2.26. The highest BCUT2D eigenvalue weighted by Gasteiger charge is 2.23. The molecule has 0 spiro atoms. The van der Waals surface area contributed by atoms with E-state index in [4.69, 9.17) is 10.3 Å². The van der Waals surface area contributed by atoms with E-state index in [0.29, 0.717) is 31.0 Å². The molecule has 3 N–H and O–H groups in total. The zero-order valence-corrected chi connectivity index (χ0v) is 15.8. The molecule has 1 aliphatic carbocycles. The Balaban J connectivity index is 1.50. The first-order valence-corrected chi connectivity index (χ1v) is 9.33. The van der Waals surface area contributed by atoms with Crippen molar-refractivity contribution in [2.75, 3.05) is 5.73 Å². The molecule has 0 aliphatic heterocycles. The van der Waals surface area contributed by atoms with E-state index >= 15 is 0 Å². The molecular formula is C20H28N4O2. The van der Waals surface area contributed by atoms with Gasteiger partial charge in [0.05, 0.1) is 6.04 Å². The molecule has 1 aromatic carbocycles. The number of hydrogen-bond donors (Lipinski definition) is 2. The first kappa shape index (κ1) is 18.4. The molecule has 1 aromatic heterocycles.